The second-order valence-corrected chi connectivity index (χ2v) is 6.27. The quantitative estimate of drug-likeness (QED) is 0.621. The van der Waals surface area contributed by atoms with Crippen LogP contribution >= 0.6 is 27.5 Å². The van der Waals surface area contributed by atoms with Crippen LogP contribution in [-0.2, 0) is 6.42 Å². The first-order chi connectivity index (χ1) is 8.97. The molecule has 0 radical (unpaired) electrons. The summed E-state index contributed by atoms with van der Waals surface area (Å²) in [6, 6.07) is 10.7. The summed E-state index contributed by atoms with van der Waals surface area (Å²) in [5.74, 6) is -0.209. The van der Waals surface area contributed by atoms with Crippen LogP contribution in [-0.4, -0.2) is 0 Å². The molecule has 0 amide bonds. The van der Waals surface area contributed by atoms with Gasteiger partial charge in [-0.2, -0.15) is 0 Å². The van der Waals surface area contributed by atoms with Gasteiger partial charge in [-0.1, -0.05) is 45.7 Å². The van der Waals surface area contributed by atoms with E-state index in [2.05, 4.69) is 28.9 Å². The van der Waals surface area contributed by atoms with Gasteiger partial charge in [0, 0.05) is 9.85 Å². The molecule has 0 fully saturated rings. The van der Waals surface area contributed by atoms with E-state index in [0.717, 1.165) is 22.6 Å². The first-order valence-electron chi connectivity index (χ1n) is 6.12. The zero-order valence-corrected chi connectivity index (χ0v) is 13.2. The second kappa shape index (κ2) is 6.06. The van der Waals surface area contributed by atoms with E-state index in [1.807, 2.05) is 13.0 Å². The maximum atomic E-state index is 12.9. The highest BCUT2D eigenvalue weighted by Crippen LogP contribution is 2.34. The van der Waals surface area contributed by atoms with E-state index in [1.165, 1.54) is 23.3 Å². The Labute approximate surface area is 126 Å². The zero-order chi connectivity index (χ0) is 14.0. The van der Waals surface area contributed by atoms with Crippen molar-refractivity contribution in [3.8, 4) is 0 Å². The molecule has 100 valence electrons. The first kappa shape index (κ1) is 14.5. The summed E-state index contributed by atoms with van der Waals surface area (Å²) in [6.07, 6.45) is 0.780. The molecule has 1 atom stereocenters. The summed E-state index contributed by atoms with van der Waals surface area (Å²) in [6.45, 7) is 4.13. The normalized spacial score (nSPS) is 12.5. The lowest BCUT2D eigenvalue weighted by molar-refractivity contribution is 0.627. The third kappa shape index (κ3) is 3.58. The summed E-state index contributed by atoms with van der Waals surface area (Å²) in [5, 5.41) is 0.770. The molecule has 0 aliphatic carbocycles. The van der Waals surface area contributed by atoms with Gasteiger partial charge < -0.3 is 0 Å². The average Bonchev–Trinajstić information content (AvgIpc) is 2.36. The molecule has 2 rings (SSSR count). The Morgan fingerprint density at radius 3 is 2.32 bits per heavy atom. The van der Waals surface area contributed by atoms with E-state index in [0.29, 0.717) is 0 Å². The number of rotatable bonds is 3. The van der Waals surface area contributed by atoms with E-state index in [9.17, 15) is 4.39 Å². The van der Waals surface area contributed by atoms with Crippen molar-refractivity contribution < 1.29 is 4.39 Å². The molecule has 0 heterocycles. The van der Waals surface area contributed by atoms with Crippen LogP contribution in [0.5, 0.6) is 0 Å². The molecule has 0 saturated carbocycles. The van der Waals surface area contributed by atoms with Gasteiger partial charge in [-0.15, -0.1) is 0 Å². The van der Waals surface area contributed by atoms with E-state index in [1.54, 1.807) is 12.1 Å². The van der Waals surface area contributed by atoms with Crippen molar-refractivity contribution in [2.75, 3.05) is 0 Å². The molecule has 0 N–H and O–H groups in total. The van der Waals surface area contributed by atoms with Crippen LogP contribution in [0.15, 0.2) is 36.4 Å². The van der Waals surface area contributed by atoms with Gasteiger partial charge in [0.2, 0.25) is 0 Å². The largest absolute Gasteiger partial charge is 0.207 e. The highest BCUT2D eigenvalue weighted by Gasteiger charge is 2.13. The number of hydrogen-bond donors (Lipinski definition) is 0. The number of benzene rings is 2. The van der Waals surface area contributed by atoms with Gasteiger partial charge in [0.05, 0.1) is 0 Å². The van der Waals surface area contributed by atoms with Crippen molar-refractivity contribution in [1.82, 2.24) is 0 Å². The van der Waals surface area contributed by atoms with Crippen LogP contribution in [0.1, 0.15) is 27.1 Å². The van der Waals surface area contributed by atoms with Crippen molar-refractivity contribution in [3.63, 3.8) is 0 Å². The van der Waals surface area contributed by atoms with Crippen LogP contribution in [0.4, 0.5) is 4.39 Å². The first-order valence-corrected chi connectivity index (χ1v) is 7.42. The summed E-state index contributed by atoms with van der Waals surface area (Å²) in [7, 11) is 0. The molecule has 0 aliphatic heterocycles. The maximum absolute atomic E-state index is 12.9. The molecule has 0 saturated heterocycles. The Bertz CT molecular complexity index is 578. The van der Waals surface area contributed by atoms with Gasteiger partial charge in [-0.3, -0.25) is 0 Å². The summed E-state index contributed by atoms with van der Waals surface area (Å²) in [4.78, 5) is 0.129. The molecule has 0 aromatic heterocycles. The van der Waals surface area contributed by atoms with Crippen molar-refractivity contribution >= 4 is 27.5 Å². The van der Waals surface area contributed by atoms with E-state index < -0.39 is 0 Å². The van der Waals surface area contributed by atoms with Crippen LogP contribution in [0.2, 0.25) is 5.02 Å². The summed E-state index contributed by atoms with van der Waals surface area (Å²) in [5.41, 5.74) is 4.57. The minimum atomic E-state index is -0.209. The predicted octanol–water partition coefficient (Wildman–Crippen LogP) is 5.77. The molecule has 1 unspecified atom stereocenters. The molecule has 0 bridgehead atoms. The van der Waals surface area contributed by atoms with Crippen LogP contribution in [0.25, 0.3) is 0 Å². The lowest BCUT2D eigenvalue weighted by atomic mass is 10.0. The minimum absolute atomic E-state index is 0.129. The molecule has 2 aromatic carbocycles. The fourth-order valence-electron chi connectivity index (χ4n) is 1.98. The summed E-state index contributed by atoms with van der Waals surface area (Å²) < 4.78 is 12.9. The fraction of sp³-hybridized carbons (Fsp3) is 0.250. The average molecular weight is 342 g/mol. The number of alkyl halides is 1. The number of halogens is 3. The molecular formula is C16H15BrClF. The Balaban J connectivity index is 2.22. The van der Waals surface area contributed by atoms with Crippen LogP contribution in [0.3, 0.4) is 0 Å². The molecule has 3 heteroatoms. The van der Waals surface area contributed by atoms with E-state index >= 15 is 0 Å². The SMILES string of the molecule is Cc1cc(Cl)c(C(Br)Cc2ccc(F)cc2)cc1C. The van der Waals surface area contributed by atoms with E-state index in [-0.39, 0.29) is 10.6 Å². The third-order valence-electron chi connectivity index (χ3n) is 3.28. The van der Waals surface area contributed by atoms with Gasteiger partial charge in [0.1, 0.15) is 5.82 Å². The monoisotopic (exact) mass is 340 g/mol. The fourth-order valence-corrected chi connectivity index (χ4v) is 3.22. The topological polar surface area (TPSA) is 0 Å². The Morgan fingerprint density at radius 2 is 1.68 bits per heavy atom. The second-order valence-electron chi connectivity index (χ2n) is 4.76. The standard InChI is InChI=1S/C16H15BrClF/c1-10-7-14(16(18)8-11(10)2)15(17)9-12-3-5-13(19)6-4-12/h3-8,15H,9H2,1-2H3. The molecule has 0 spiro atoms. The molecular weight excluding hydrogens is 327 g/mol. The zero-order valence-electron chi connectivity index (χ0n) is 10.9. The van der Waals surface area contributed by atoms with Crippen LogP contribution < -0.4 is 0 Å². The molecule has 2 aromatic rings. The number of aryl methyl sites for hydroxylation is 2. The molecule has 0 aliphatic rings. The van der Waals surface area contributed by atoms with Crippen molar-refractivity contribution in [3.05, 3.63) is 69.5 Å². The Hall–Kier alpha value is -0.860. The predicted molar refractivity (Wildman–Crippen MR) is 82.7 cm³/mol. The Morgan fingerprint density at radius 1 is 1.11 bits per heavy atom. The van der Waals surface area contributed by atoms with Gasteiger partial charge in [-0.25, -0.2) is 4.39 Å². The van der Waals surface area contributed by atoms with Gasteiger partial charge in [0.25, 0.3) is 0 Å². The highest BCUT2D eigenvalue weighted by molar-refractivity contribution is 9.09. The molecule has 0 nitrogen and oxygen atoms in total. The Kier molecular flexibility index (Phi) is 4.64. The van der Waals surface area contributed by atoms with Crippen molar-refractivity contribution in [1.29, 1.82) is 0 Å². The smallest absolute Gasteiger partial charge is 0.123 e. The summed E-state index contributed by atoms with van der Waals surface area (Å²) >= 11 is 9.97. The van der Waals surface area contributed by atoms with E-state index in [4.69, 9.17) is 11.6 Å². The minimum Gasteiger partial charge on any atom is -0.207 e. The third-order valence-corrected chi connectivity index (χ3v) is 4.42. The number of hydrogen-bond acceptors (Lipinski definition) is 0. The van der Waals surface area contributed by atoms with Gasteiger partial charge >= 0.3 is 0 Å². The van der Waals surface area contributed by atoms with Gasteiger partial charge in [0.15, 0.2) is 0 Å². The molecule has 19 heavy (non-hydrogen) atoms. The van der Waals surface area contributed by atoms with Crippen molar-refractivity contribution in [2.45, 2.75) is 25.1 Å². The van der Waals surface area contributed by atoms with Crippen LogP contribution in [0, 0.1) is 19.7 Å². The van der Waals surface area contributed by atoms with Gasteiger partial charge in [-0.05, 0) is 60.7 Å². The lowest BCUT2D eigenvalue weighted by Gasteiger charge is -2.14. The lowest BCUT2D eigenvalue weighted by Crippen LogP contribution is -1.98. The highest BCUT2D eigenvalue weighted by atomic mass is 79.9. The van der Waals surface area contributed by atoms with Crippen molar-refractivity contribution in [2.24, 2.45) is 0 Å². The maximum Gasteiger partial charge on any atom is 0.123 e.